The summed E-state index contributed by atoms with van der Waals surface area (Å²) in [6.45, 7) is 6.87. The van der Waals surface area contributed by atoms with Crippen LogP contribution in [0, 0.1) is 0 Å². The Morgan fingerprint density at radius 3 is 2.53 bits per heavy atom. The molecule has 2 aromatic heterocycles. The standard InChI is InChI=1S/C24H25ClN6O3/c1-24(2,3)34-23(32)30-10-8-15(9-11-30)22-27-19-13-17(5-7-21(19)33-22)16-4-6-20(18(25)12-16)31-14-26-28-29-31/h4-7,12-15H,8-11H2,1-3H3. The van der Waals surface area contributed by atoms with Crippen molar-refractivity contribution in [3.8, 4) is 16.8 Å². The number of hydrogen-bond donors (Lipinski definition) is 0. The lowest BCUT2D eigenvalue weighted by Crippen LogP contribution is -2.41. The zero-order valence-electron chi connectivity index (χ0n) is 19.2. The molecule has 0 aliphatic carbocycles. The number of fused-ring (bicyclic) bond motifs is 1. The molecule has 0 saturated carbocycles. The van der Waals surface area contributed by atoms with Crippen molar-refractivity contribution in [2.24, 2.45) is 0 Å². The summed E-state index contributed by atoms with van der Waals surface area (Å²) in [5.74, 6) is 0.877. The van der Waals surface area contributed by atoms with E-state index in [4.69, 9.17) is 25.7 Å². The van der Waals surface area contributed by atoms with Gasteiger partial charge in [-0.15, -0.1) is 5.10 Å². The molecule has 4 aromatic rings. The third-order valence-electron chi connectivity index (χ3n) is 5.78. The molecular weight excluding hydrogens is 456 g/mol. The first-order valence-electron chi connectivity index (χ1n) is 11.2. The number of halogens is 1. The van der Waals surface area contributed by atoms with Crippen molar-refractivity contribution in [1.82, 2.24) is 30.1 Å². The summed E-state index contributed by atoms with van der Waals surface area (Å²) in [6, 6.07) is 11.7. The first kappa shape index (κ1) is 22.3. The smallest absolute Gasteiger partial charge is 0.410 e. The minimum atomic E-state index is -0.496. The van der Waals surface area contributed by atoms with Gasteiger partial charge in [-0.2, -0.15) is 4.68 Å². The Bertz CT molecular complexity index is 1320. The average Bonchev–Trinajstić information content (AvgIpc) is 3.47. The van der Waals surface area contributed by atoms with Gasteiger partial charge >= 0.3 is 6.09 Å². The monoisotopic (exact) mass is 480 g/mol. The molecule has 5 rings (SSSR count). The third kappa shape index (κ3) is 4.61. The fraction of sp³-hybridized carbons (Fsp3) is 0.375. The zero-order chi connectivity index (χ0) is 23.9. The number of oxazole rings is 1. The highest BCUT2D eigenvalue weighted by molar-refractivity contribution is 6.32. The number of tetrazole rings is 1. The summed E-state index contributed by atoms with van der Waals surface area (Å²) in [5.41, 5.74) is 3.69. The molecule has 3 heterocycles. The first-order valence-corrected chi connectivity index (χ1v) is 11.6. The number of amides is 1. The highest BCUT2D eigenvalue weighted by atomic mass is 35.5. The lowest BCUT2D eigenvalue weighted by molar-refractivity contribution is 0.0199. The quantitative estimate of drug-likeness (QED) is 0.395. The van der Waals surface area contributed by atoms with Gasteiger partial charge in [0.05, 0.1) is 10.7 Å². The number of likely N-dealkylation sites (tertiary alicyclic amines) is 1. The molecule has 10 heteroatoms. The van der Waals surface area contributed by atoms with Crippen molar-refractivity contribution in [3.63, 3.8) is 0 Å². The summed E-state index contributed by atoms with van der Waals surface area (Å²) in [6.07, 6.45) is 2.81. The Labute approximate surface area is 201 Å². The van der Waals surface area contributed by atoms with Crippen LogP contribution < -0.4 is 0 Å². The predicted molar refractivity (Wildman–Crippen MR) is 127 cm³/mol. The minimum absolute atomic E-state index is 0.166. The molecular formula is C24H25ClN6O3. The van der Waals surface area contributed by atoms with E-state index < -0.39 is 5.60 Å². The van der Waals surface area contributed by atoms with Crippen LogP contribution in [0.4, 0.5) is 4.79 Å². The maximum Gasteiger partial charge on any atom is 0.410 e. The van der Waals surface area contributed by atoms with Crippen LogP contribution in [0.5, 0.6) is 0 Å². The van der Waals surface area contributed by atoms with Crippen molar-refractivity contribution >= 4 is 28.8 Å². The van der Waals surface area contributed by atoms with Crippen LogP contribution in [0.2, 0.25) is 5.02 Å². The maximum atomic E-state index is 12.3. The molecule has 0 atom stereocenters. The van der Waals surface area contributed by atoms with Gasteiger partial charge in [0, 0.05) is 19.0 Å². The third-order valence-corrected chi connectivity index (χ3v) is 6.08. The summed E-state index contributed by atoms with van der Waals surface area (Å²) >= 11 is 6.48. The molecule has 0 bridgehead atoms. The molecule has 1 aliphatic heterocycles. The van der Waals surface area contributed by atoms with Gasteiger partial charge in [0.15, 0.2) is 11.5 Å². The Balaban J connectivity index is 1.31. The van der Waals surface area contributed by atoms with Gasteiger partial charge in [-0.25, -0.2) is 9.78 Å². The molecule has 176 valence electrons. The molecule has 0 unspecified atom stereocenters. The van der Waals surface area contributed by atoms with Gasteiger partial charge in [0.25, 0.3) is 0 Å². The Morgan fingerprint density at radius 1 is 1.12 bits per heavy atom. The minimum Gasteiger partial charge on any atom is -0.444 e. The average molecular weight is 481 g/mol. The van der Waals surface area contributed by atoms with Gasteiger partial charge in [0.2, 0.25) is 0 Å². The molecule has 1 fully saturated rings. The van der Waals surface area contributed by atoms with E-state index in [0.29, 0.717) is 29.7 Å². The Hall–Kier alpha value is -3.46. The molecule has 0 N–H and O–H groups in total. The maximum absolute atomic E-state index is 12.3. The summed E-state index contributed by atoms with van der Waals surface area (Å²) in [4.78, 5) is 18.8. The van der Waals surface area contributed by atoms with Crippen LogP contribution >= 0.6 is 11.6 Å². The van der Waals surface area contributed by atoms with E-state index >= 15 is 0 Å². The van der Waals surface area contributed by atoms with Gasteiger partial charge in [-0.1, -0.05) is 23.7 Å². The molecule has 1 aliphatic rings. The second-order valence-corrected chi connectivity index (χ2v) is 9.80. The second-order valence-electron chi connectivity index (χ2n) is 9.40. The van der Waals surface area contributed by atoms with Crippen LogP contribution in [-0.4, -0.2) is 54.9 Å². The summed E-state index contributed by atoms with van der Waals surface area (Å²) < 4.78 is 13.1. The Kier molecular flexibility index (Phi) is 5.73. The SMILES string of the molecule is CC(C)(C)OC(=O)N1CCC(c2nc3cc(-c4ccc(-n5cnnn5)c(Cl)c4)ccc3o2)CC1. The van der Waals surface area contributed by atoms with E-state index in [9.17, 15) is 4.79 Å². The number of ether oxygens (including phenoxy) is 1. The topological polar surface area (TPSA) is 99.2 Å². The van der Waals surface area contributed by atoms with Crippen LogP contribution in [0.1, 0.15) is 45.4 Å². The van der Waals surface area contributed by atoms with Crippen LogP contribution in [-0.2, 0) is 4.74 Å². The molecule has 9 nitrogen and oxygen atoms in total. The van der Waals surface area contributed by atoms with Crippen LogP contribution in [0.25, 0.3) is 27.9 Å². The number of hydrogen-bond acceptors (Lipinski definition) is 7. The van der Waals surface area contributed by atoms with E-state index in [-0.39, 0.29) is 12.0 Å². The number of benzene rings is 2. The normalized spacial score (nSPS) is 15.1. The first-order chi connectivity index (χ1) is 16.3. The molecule has 1 saturated heterocycles. The number of carbonyl (C=O) groups excluding carboxylic acids is 1. The molecule has 34 heavy (non-hydrogen) atoms. The van der Waals surface area contributed by atoms with Gasteiger partial charge in [-0.3, -0.25) is 0 Å². The largest absolute Gasteiger partial charge is 0.444 e. The number of carbonyl (C=O) groups is 1. The van der Waals surface area contributed by atoms with Crippen LogP contribution in [0.3, 0.4) is 0 Å². The van der Waals surface area contributed by atoms with Crippen molar-refractivity contribution in [1.29, 1.82) is 0 Å². The molecule has 0 radical (unpaired) electrons. The van der Waals surface area contributed by atoms with E-state index in [2.05, 4.69) is 15.5 Å². The van der Waals surface area contributed by atoms with Crippen molar-refractivity contribution in [3.05, 3.63) is 53.6 Å². The second kappa shape index (κ2) is 8.72. The molecule has 0 spiro atoms. The van der Waals surface area contributed by atoms with E-state index in [1.54, 1.807) is 4.90 Å². The van der Waals surface area contributed by atoms with E-state index in [0.717, 1.165) is 35.1 Å². The summed E-state index contributed by atoms with van der Waals surface area (Å²) in [5, 5.41) is 11.7. The summed E-state index contributed by atoms with van der Waals surface area (Å²) in [7, 11) is 0. The van der Waals surface area contributed by atoms with E-state index in [1.807, 2.05) is 57.2 Å². The van der Waals surface area contributed by atoms with Crippen LogP contribution in [0.15, 0.2) is 47.1 Å². The predicted octanol–water partition coefficient (Wildman–Crippen LogP) is 5.24. The van der Waals surface area contributed by atoms with E-state index in [1.165, 1.54) is 11.0 Å². The lowest BCUT2D eigenvalue weighted by atomic mass is 9.97. The fourth-order valence-electron chi connectivity index (χ4n) is 4.08. The highest BCUT2D eigenvalue weighted by Gasteiger charge is 2.29. The van der Waals surface area contributed by atoms with Crippen molar-refractivity contribution in [2.75, 3.05) is 13.1 Å². The lowest BCUT2D eigenvalue weighted by Gasteiger charge is -2.32. The fourth-order valence-corrected chi connectivity index (χ4v) is 4.35. The number of nitrogens with zero attached hydrogens (tertiary/aromatic N) is 6. The van der Waals surface area contributed by atoms with Gasteiger partial charge in [-0.05, 0) is 79.4 Å². The van der Waals surface area contributed by atoms with Gasteiger partial charge < -0.3 is 14.1 Å². The van der Waals surface area contributed by atoms with Crippen molar-refractivity contribution < 1.29 is 13.9 Å². The van der Waals surface area contributed by atoms with Crippen molar-refractivity contribution in [2.45, 2.75) is 45.1 Å². The Morgan fingerprint density at radius 2 is 1.85 bits per heavy atom. The highest BCUT2D eigenvalue weighted by Crippen LogP contribution is 2.33. The molecule has 1 amide bonds. The number of aromatic nitrogens is 5. The number of piperidine rings is 1. The van der Waals surface area contributed by atoms with Gasteiger partial charge in [0.1, 0.15) is 17.4 Å². The number of rotatable bonds is 3. The zero-order valence-corrected chi connectivity index (χ0v) is 20.0. The molecule has 2 aromatic carbocycles.